The third kappa shape index (κ3) is 24.2. The van der Waals surface area contributed by atoms with Crippen molar-refractivity contribution in [3.8, 4) is 0 Å². The number of nitrogens with zero attached hydrogens (tertiary/aromatic N) is 2. The Balaban J connectivity index is 0.000000139. The van der Waals surface area contributed by atoms with Crippen LogP contribution in [0.4, 0.5) is 0 Å². The monoisotopic (exact) mass is 1390 g/mol. The third-order valence-corrected chi connectivity index (χ3v) is 23.9. The molecule has 9 aromatic rings. The third-order valence-electron chi connectivity index (χ3n) is 23.9. The van der Waals surface area contributed by atoms with Crippen LogP contribution in [0, 0.1) is 29.6 Å². The smallest absolute Gasteiger partial charge is 0.0480 e. The average Bonchev–Trinajstić information content (AvgIpc) is 1.35. The van der Waals surface area contributed by atoms with Gasteiger partial charge in [-0.3, -0.25) is 4.90 Å². The molecule has 0 atom stereocenters. The Morgan fingerprint density at radius 1 is 0.417 bits per heavy atom. The van der Waals surface area contributed by atoms with Gasteiger partial charge in [-0.05, 0) is 248 Å². The molecule has 0 aliphatic heterocycles. The normalized spacial score (nSPS) is 18.8. The highest BCUT2D eigenvalue weighted by molar-refractivity contribution is 5.84. The Morgan fingerprint density at radius 2 is 0.816 bits per heavy atom. The highest BCUT2D eigenvalue weighted by Crippen LogP contribution is 2.58. The maximum atomic E-state index is 3.62. The molecule has 7 heteroatoms. The van der Waals surface area contributed by atoms with E-state index in [-0.39, 0.29) is 0 Å². The fraction of sp³-hybridized carbons (Fsp3) is 0.521. The summed E-state index contributed by atoms with van der Waals surface area (Å²) in [4.78, 5) is 6.07. The first-order valence-electron chi connectivity index (χ1n) is 41.0. The fourth-order valence-corrected chi connectivity index (χ4v) is 17.6. The van der Waals surface area contributed by atoms with Gasteiger partial charge in [0.2, 0.25) is 0 Å². The molecule has 6 aliphatic carbocycles. The van der Waals surface area contributed by atoms with Gasteiger partial charge in [0.1, 0.15) is 0 Å². The number of H-pyrrole nitrogens is 1. The van der Waals surface area contributed by atoms with Gasteiger partial charge in [0.25, 0.3) is 0 Å². The van der Waals surface area contributed by atoms with Gasteiger partial charge in [0, 0.05) is 79.5 Å². The van der Waals surface area contributed by atoms with Crippen molar-refractivity contribution in [1.29, 1.82) is 0 Å². The Labute approximate surface area is 625 Å². The largest absolute Gasteiger partial charge is 0.361 e. The number of para-hydroxylation sites is 2. The number of fused-ring (bicyclic) bond motifs is 2. The van der Waals surface area contributed by atoms with Gasteiger partial charge >= 0.3 is 0 Å². The van der Waals surface area contributed by atoms with Crippen molar-refractivity contribution in [2.24, 2.45) is 36.6 Å². The van der Waals surface area contributed by atoms with Crippen molar-refractivity contribution in [2.45, 2.75) is 253 Å². The van der Waals surface area contributed by atoms with Crippen molar-refractivity contribution in [3.63, 3.8) is 0 Å². The predicted molar refractivity (Wildman–Crippen MR) is 444 cm³/mol. The van der Waals surface area contributed by atoms with Crippen LogP contribution in [0.5, 0.6) is 0 Å². The zero-order chi connectivity index (χ0) is 72.5. The summed E-state index contributed by atoms with van der Waals surface area (Å²) in [5, 5.41) is 17.1. The predicted octanol–water partition coefficient (Wildman–Crippen LogP) is 23.4. The topological polar surface area (TPSA) is 72.1 Å². The van der Waals surface area contributed by atoms with Crippen LogP contribution in [0.15, 0.2) is 182 Å². The molecule has 0 unspecified atom stereocenters. The summed E-state index contributed by atoms with van der Waals surface area (Å²) in [7, 11) is 4.52. The van der Waals surface area contributed by atoms with Crippen molar-refractivity contribution < 1.29 is 0 Å². The summed E-state index contributed by atoms with van der Waals surface area (Å²) < 4.78 is 2.22. The van der Waals surface area contributed by atoms with Crippen LogP contribution < -0.4 is 21.3 Å². The van der Waals surface area contributed by atoms with Gasteiger partial charge in [-0.15, -0.1) is 0 Å². The van der Waals surface area contributed by atoms with Gasteiger partial charge in [-0.2, -0.15) is 0 Å². The molecule has 6 fully saturated rings. The van der Waals surface area contributed by atoms with E-state index in [2.05, 4.69) is 301 Å². The summed E-state index contributed by atoms with van der Waals surface area (Å²) >= 11 is 0. The molecule has 6 aliphatic rings. The Bertz CT molecular complexity index is 3740. The first kappa shape index (κ1) is 79.0. The molecule has 0 spiro atoms. The number of hydrogen-bond acceptors (Lipinski definition) is 5. The molecule has 0 radical (unpaired) electrons. The van der Waals surface area contributed by atoms with E-state index in [1.54, 1.807) is 0 Å². The summed E-state index contributed by atoms with van der Waals surface area (Å²) in [6, 6.07) is 62.4. The Hall–Kier alpha value is -6.58. The van der Waals surface area contributed by atoms with E-state index in [4.69, 9.17) is 0 Å². The number of rotatable bonds is 26. The van der Waals surface area contributed by atoms with Crippen molar-refractivity contribution >= 4 is 21.8 Å². The lowest BCUT2D eigenvalue weighted by Gasteiger charge is -2.60. The van der Waals surface area contributed by atoms with E-state index in [0.29, 0.717) is 35.1 Å². The van der Waals surface area contributed by atoms with Crippen molar-refractivity contribution in [1.82, 2.24) is 35.7 Å². The highest BCUT2D eigenvalue weighted by Gasteiger charge is 2.52. The molecule has 4 bridgehead atoms. The summed E-state index contributed by atoms with van der Waals surface area (Å²) in [6.07, 6.45) is 29.9. The molecule has 15 rings (SSSR count). The van der Waals surface area contributed by atoms with Gasteiger partial charge in [-0.1, -0.05) is 265 Å². The standard InChI is InChI=1S/C21H26N2.C21H31N.C20H24N2.2C17H27N/c1-16(2)18-10-8-17(9-11-18)14-22-13-12-19-15-23(3)21-7-5-4-6-20(19)21;1-15(2)20-6-4-5-16(10-20)14-22(3)21-11-17-7-18(12-21)9-19(8-17)13-21;1-15(2)17-9-7-16(8-10-17)13-21-12-11-18-14-22-20-6-4-3-5-19(18)20;2*1-14(2)17-10-8-16(9-11-17)13-18-12-15-6-4-3-5-7-15/h4-11,15-16,22H,12-14H2,1-3H3;4-6,10,15,17-19H,7-9,11-14H2,1-3H3;3-10,14-15,21-22H,11-13H2,1-2H3;2*8-11,14-15,18H,3-7,12-13H2,1-2H3. The SMILES string of the molecule is CC(C)c1ccc(CNCC2CCCCC2)cc1.CC(C)c1ccc(CNCC2CCCCC2)cc1.CC(C)c1ccc(CNCCc2c[nH]c3ccccc23)cc1.CC(C)c1ccc(CNCCc2cn(C)c3ccccc23)cc1.CC(C)c1cccc(CN(C)C23CC4CC(CC(C4)C2)C3)c1. The van der Waals surface area contributed by atoms with E-state index >= 15 is 0 Å². The number of aromatic nitrogens is 2. The fourth-order valence-electron chi connectivity index (χ4n) is 17.6. The van der Waals surface area contributed by atoms with Gasteiger partial charge in [-0.25, -0.2) is 0 Å². The van der Waals surface area contributed by atoms with Crippen LogP contribution in [0.25, 0.3) is 21.8 Å². The molecule has 5 N–H and O–H groups in total. The maximum Gasteiger partial charge on any atom is 0.0480 e. The second-order valence-electron chi connectivity index (χ2n) is 33.7. The van der Waals surface area contributed by atoms with Crippen molar-refractivity contribution in [3.05, 3.63) is 249 Å². The number of aromatic amines is 1. The second kappa shape index (κ2) is 40.2. The Kier molecular flexibility index (Phi) is 30.9. The Morgan fingerprint density at radius 3 is 1.25 bits per heavy atom. The number of aryl methyl sites for hydroxylation is 1. The molecule has 6 saturated carbocycles. The lowest BCUT2D eigenvalue weighted by Crippen LogP contribution is -2.58. The highest BCUT2D eigenvalue weighted by atomic mass is 15.2. The molecule has 7 nitrogen and oxygen atoms in total. The van der Waals surface area contributed by atoms with Gasteiger partial charge in [0.15, 0.2) is 0 Å². The van der Waals surface area contributed by atoms with Gasteiger partial charge in [0.05, 0.1) is 0 Å². The van der Waals surface area contributed by atoms with Crippen LogP contribution in [0.1, 0.15) is 268 Å². The first-order valence-corrected chi connectivity index (χ1v) is 41.0. The molecule has 2 heterocycles. The molecule has 2 aromatic heterocycles. The lowest BCUT2D eigenvalue weighted by molar-refractivity contribution is -0.0822. The van der Waals surface area contributed by atoms with Crippen molar-refractivity contribution in [2.75, 3.05) is 33.2 Å². The summed E-state index contributed by atoms with van der Waals surface area (Å²) in [5.74, 6) is 8.06. The lowest BCUT2D eigenvalue weighted by atomic mass is 9.52. The maximum absolute atomic E-state index is 3.62. The quantitative estimate of drug-likeness (QED) is 0.0350. The molecular formula is C96H135N7. The average molecular weight is 1390 g/mol. The molecule has 554 valence electrons. The minimum atomic E-state index is 0.530. The zero-order valence-electron chi connectivity index (χ0n) is 66.1. The zero-order valence-corrected chi connectivity index (χ0v) is 66.1. The number of hydrogen-bond donors (Lipinski definition) is 5. The minimum absolute atomic E-state index is 0.530. The van der Waals surface area contributed by atoms with E-state index in [1.165, 1.54) is 204 Å². The number of nitrogens with one attached hydrogen (secondary N) is 5. The molecule has 0 amide bonds. The molecule has 0 saturated heterocycles. The van der Waals surface area contributed by atoms with E-state index in [9.17, 15) is 0 Å². The molecule has 7 aromatic carbocycles. The van der Waals surface area contributed by atoms with E-state index in [0.717, 1.165) is 88.2 Å². The summed E-state index contributed by atoms with van der Waals surface area (Å²) in [6.45, 7) is 31.9. The van der Waals surface area contributed by atoms with Crippen LogP contribution in [0.3, 0.4) is 0 Å². The molecule has 103 heavy (non-hydrogen) atoms. The van der Waals surface area contributed by atoms with Crippen LogP contribution in [-0.4, -0.2) is 53.2 Å². The number of benzene rings is 7. The van der Waals surface area contributed by atoms with Crippen LogP contribution in [0.2, 0.25) is 0 Å². The minimum Gasteiger partial charge on any atom is -0.361 e. The van der Waals surface area contributed by atoms with E-state index in [1.807, 2.05) is 0 Å². The second-order valence-corrected chi connectivity index (χ2v) is 33.7. The van der Waals surface area contributed by atoms with Gasteiger partial charge < -0.3 is 30.8 Å². The van der Waals surface area contributed by atoms with E-state index < -0.39 is 0 Å². The molecular weight excluding hydrogens is 1250 g/mol. The first-order chi connectivity index (χ1) is 49.9. The van der Waals surface area contributed by atoms with Crippen LogP contribution >= 0.6 is 0 Å². The van der Waals surface area contributed by atoms with Crippen LogP contribution in [-0.2, 0) is 52.6 Å². The summed E-state index contributed by atoms with van der Waals surface area (Å²) in [5.41, 5.74) is 20.1.